The molecule has 2 aromatic carbocycles. The molecule has 2 saturated carbocycles. The predicted octanol–water partition coefficient (Wildman–Crippen LogP) is 5.67. The van der Waals surface area contributed by atoms with Crippen LogP contribution in [0.25, 0.3) is 10.9 Å². The molecule has 1 N–H and O–H groups in total. The normalized spacial score (nSPS) is 32.3. The minimum Gasteiger partial charge on any atom is -0.365 e. The first-order valence-electron chi connectivity index (χ1n) is 10.6. The summed E-state index contributed by atoms with van der Waals surface area (Å²) in [6.45, 7) is 2.31. The van der Waals surface area contributed by atoms with Crippen LogP contribution in [0.15, 0.2) is 42.6 Å². The molecule has 2 fully saturated rings. The summed E-state index contributed by atoms with van der Waals surface area (Å²) in [4.78, 5) is 5.79. The van der Waals surface area contributed by atoms with Crippen LogP contribution < -0.4 is 4.90 Å². The molecule has 1 aromatic heterocycles. The number of anilines is 1. The predicted molar refractivity (Wildman–Crippen MR) is 112 cm³/mol. The average molecular weight is 385 g/mol. The van der Waals surface area contributed by atoms with Crippen LogP contribution in [0.4, 0.5) is 10.1 Å². The molecule has 0 saturated heterocycles. The molecular weight excluding hydrogens is 361 g/mol. The molecule has 2 bridgehead atoms. The first kappa shape index (κ1) is 17.1. The van der Waals surface area contributed by atoms with E-state index in [1.165, 1.54) is 47.5 Å². The highest BCUT2D eigenvalue weighted by atomic mass is 19.1. The van der Waals surface area contributed by atoms with Gasteiger partial charge < -0.3 is 9.88 Å². The van der Waals surface area contributed by atoms with Gasteiger partial charge in [0, 0.05) is 29.8 Å². The third-order valence-electron chi connectivity index (χ3n) is 8.38. The monoisotopic (exact) mass is 385 g/mol. The number of benzene rings is 2. The van der Waals surface area contributed by atoms with Gasteiger partial charge >= 0.3 is 0 Å². The number of aromatic nitrogens is 1. The number of halogens is 1. The highest BCUT2D eigenvalue weighted by molar-refractivity contribution is 5.90. The lowest BCUT2D eigenvalue weighted by molar-refractivity contribution is 0.158. The first-order valence-corrected chi connectivity index (χ1v) is 10.6. The number of fused-ring (bicyclic) bond motifs is 9. The van der Waals surface area contributed by atoms with E-state index in [1.807, 2.05) is 18.3 Å². The zero-order chi connectivity index (χ0) is 19.9. The lowest BCUT2D eigenvalue weighted by Crippen LogP contribution is -2.54. The maximum absolute atomic E-state index is 14.1. The Balaban J connectivity index is 1.64. The van der Waals surface area contributed by atoms with Crippen molar-refractivity contribution < 1.29 is 4.39 Å². The van der Waals surface area contributed by atoms with Crippen molar-refractivity contribution >= 4 is 16.6 Å². The van der Waals surface area contributed by atoms with E-state index in [0.29, 0.717) is 23.7 Å². The minimum absolute atomic E-state index is 0.142. The molecule has 2 unspecified atom stereocenters. The molecule has 0 radical (unpaired) electrons. The molecule has 3 aromatic rings. The van der Waals surface area contributed by atoms with Crippen molar-refractivity contribution in [2.45, 2.75) is 37.6 Å². The molecule has 3 aliphatic rings. The Morgan fingerprint density at radius 3 is 2.83 bits per heavy atom. The molecular formula is C25H24FN3. The van der Waals surface area contributed by atoms with E-state index < -0.39 is 5.82 Å². The number of aromatic amines is 1. The van der Waals surface area contributed by atoms with Gasteiger partial charge in [-0.15, -0.1) is 0 Å². The summed E-state index contributed by atoms with van der Waals surface area (Å²) in [6.07, 6.45) is 5.91. The molecule has 2 heterocycles. The van der Waals surface area contributed by atoms with Gasteiger partial charge in [-0.3, -0.25) is 0 Å². The van der Waals surface area contributed by atoms with Crippen molar-refractivity contribution in [2.24, 2.45) is 17.8 Å². The molecule has 1 aliphatic heterocycles. The van der Waals surface area contributed by atoms with Gasteiger partial charge in [0.05, 0.1) is 11.1 Å². The lowest BCUT2D eigenvalue weighted by atomic mass is 9.60. The number of nitriles is 1. The van der Waals surface area contributed by atoms with E-state index in [4.69, 9.17) is 0 Å². The van der Waals surface area contributed by atoms with Crippen LogP contribution >= 0.6 is 0 Å². The van der Waals surface area contributed by atoms with Gasteiger partial charge in [0.15, 0.2) is 0 Å². The molecule has 3 nitrogen and oxygen atoms in total. The number of hydrogen-bond acceptors (Lipinski definition) is 2. The summed E-state index contributed by atoms with van der Waals surface area (Å²) in [6, 6.07) is 13.8. The van der Waals surface area contributed by atoms with E-state index in [-0.39, 0.29) is 11.1 Å². The van der Waals surface area contributed by atoms with E-state index >= 15 is 0 Å². The zero-order valence-corrected chi connectivity index (χ0v) is 16.7. The van der Waals surface area contributed by atoms with Gasteiger partial charge in [-0.2, -0.15) is 5.26 Å². The molecule has 4 heteroatoms. The van der Waals surface area contributed by atoms with Gasteiger partial charge in [0.1, 0.15) is 11.9 Å². The Labute approximate surface area is 170 Å². The van der Waals surface area contributed by atoms with Crippen LogP contribution in [-0.2, 0) is 5.54 Å². The van der Waals surface area contributed by atoms with E-state index in [2.05, 4.69) is 42.1 Å². The lowest BCUT2D eigenvalue weighted by Gasteiger charge is -2.55. The van der Waals surface area contributed by atoms with Crippen LogP contribution in [0, 0.1) is 34.9 Å². The summed E-state index contributed by atoms with van der Waals surface area (Å²) in [7, 11) is 2.18. The van der Waals surface area contributed by atoms with Crippen molar-refractivity contribution in [3.8, 4) is 6.07 Å². The fourth-order valence-electron chi connectivity index (χ4n) is 7.09. The summed E-state index contributed by atoms with van der Waals surface area (Å²) in [5, 5.41) is 10.8. The van der Waals surface area contributed by atoms with Crippen molar-refractivity contribution in [2.75, 3.05) is 11.9 Å². The van der Waals surface area contributed by atoms with Gasteiger partial charge in [0.25, 0.3) is 0 Å². The summed E-state index contributed by atoms with van der Waals surface area (Å²) < 4.78 is 14.1. The SMILES string of the molecule is CN1c2ccc3[nH]ccc3c2[C@H]2C3CCC(C3)[C@H]2[C@]1(C)c1ccc(F)c(C#N)c1. The number of nitrogens with one attached hydrogen (secondary N) is 1. The second-order valence-electron chi connectivity index (χ2n) is 9.34. The third kappa shape index (κ3) is 2.01. The Hall–Kier alpha value is -2.80. The van der Waals surface area contributed by atoms with E-state index in [9.17, 15) is 9.65 Å². The first-order chi connectivity index (χ1) is 14.0. The second kappa shape index (κ2) is 5.63. The van der Waals surface area contributed by atoms with Crippen LogP contribution in [-0.4, -0.2) is 12.0 Å². The highest BCUT2D eigenvalue weighted by Gasteiger charge is 2.60. The Morgan fingerprint density at radius 2 is 2.00 bits per heavy atom. The maximum atomic E-state index is 14.1. The van der Waals surface area contributed by atoms with E-state index in [0.717, 1.165) is 5.56 Å². The topological polar surface area (TPSA) is 42.8 Å². The molecule has 146 valence electrons. The van der Waals surface area contributed by atoms with Gasteiger partial charge in [-0.25, -0.2) is 4.39 Å². The summed E-state index contributed by atoms with van der Waals surface area (Å²) in [5.74, 6) is 1.94. The number of nitrogens with zero attached hydrogens (tertiary/aromatic N) is 2. The quantitative estimate of drug-likeness (QED) is 0.586. The van der Waals surface area contributed by atoms with Crippen LogP contribution in [0.3, 0.4) is 0 Å². The van der Waals surface area contributed by atoms with Crippen molar-refractivity contribution in [3.63, 3.8) is 0 Å². The summed E-state index contributed by atoms with van der Waals surface area (Å²) in [5.41, 5.74) is 4.90. The third-order valence-corrected chi connectivity index (χ3v) is 8.38. The molecule has 5 atom stereocenters. The average Bonchev–Trinajstić information content (AvgIpc) is 3.47. The van der Waals surface area contributed by atoms with Gasteiger partial charge in [0.2, 0.25) is 0 Å². The van der Waals surface area contributed by atoms with Gasteiger partial charge in [-0.1, -0.05) is 6.07 Å². The van der Waals surface area contributed by atoms with Crippen LogP contribution in [0.1, 0.15) is 48.8 Å². The zero-order valence-electron chi connectivity index (χ0n) is 16.7. The Morgan fingerprint density at radius 1 is 1.17 bits per heavy atom. The molecule has 6 rings (SSSR count). The largest absolute Gasteiger partial charge is 0.365 e. The van der Waals surface area contributed by atoms with Crippen molar-refractivity contribution in [3.05, 3.63) is 65.1 Å². The Bertz CT molecular complexity index is 1190. The van der Waals surface area contributed by atoms with Crippen LogP contribution in [0.5, 0.6) is 0 Å². The minimum atomic E-state index is -0.433. The summed E-state index contributed by atoms with van der Waals surface area (Å²) >= 11 is 0. The second-order valence-corrected chi connectivity index (χ2v) is 9.34. The number of rotatable bonds is 1. The van der Waals surface area contributed by atoms with Gasteiger partial charge in [-0.05, 0) is 91.3 Å². The fourth-order valence-corrected chi connectivity index (χ4v) is 7.09. The van der Waals surface area contributed by atoms with Crippen molar-refractivity contribution in [1.82, 2.24) is 4.98 Å². The molecule has 0 spiro atoms. The van der Waals surface area contributed by atoms with Crippen LogP contribution in [0.2, 0.25) is 0 Å². The fraction of sp³-hybridized carbons (Fsp3) is 0.400. The number of H-pyrrole nitrogens is 1. The highest BCUT2D eigenvalue weighted by Crippen LogP contribution is 2.67. The number of hydrogen-bond donors (Lipinski definition) is 1. The molecule has 2 aliphatic carbocycles. The van der Waals surface area contributed by atoms with Crippen molar-refractivity contribution in [1.29, 1.82) is 5.26 Å². The standard InChI is InChI=1S/C25H24FN3/c1-25(17-5-6-19(26)16(12-17)13-27)24-15-4-3-14(11-15)22(24)23-18-9-10-28-20(18)7-8-21(23)29(25)2/h5-10,12,14-15,22,24,28H,3-4,11H2,1-2H3/t14?,15?,22-,24-,25+/m1/s1. The molecule has 29 heavy (non-hydrogen) atoms. The Kier molecular flexibility index (Phi) is 3.32. The smallest absolute Gasteiger partial charge is 0.140 e. The van der Waals surface area contributed by atoms with E-state index in [1.54, 1.807) is 6.07 Å². The maximum Gasteiger partial charge on any atom is 0.140 e. The molecule has 0 amide bonds.